The Morgan fingerprint density at radius 2 is 1.75 bits per heavy atom. The van der Waals surface area contributed by atoms with E-state index in [1.54, 1.807) is 43.3 Å². The number of carbonyl (C=O) groups excluding carboxylic acids is 2. The SMILES string of the molecule is COc1ccc(N2C(=O)c3cnc4c(c(C)nn4-c4ccccc4F)c3C2=O)c(OC)c1. The minimum atomic E-state index is -0.531. The summed E-state index contributed by atoms with van der Waals surface area (Å²) in [4.78, 5) is 32.1. The first-order valence-corrected chi connectivity index (χ1v) is 9.70. The van der Waals surface area contributed by atoms with Gasteiger partial charge in [0.25, 0.3) is 11.8 Å². The van der Waals surface area contributed by atoms with Crippen LogP contribution in [0.1, 0.15) is 26.4 Å². The zero-order valence-electron chi connectivity index (χ0n) is 17.4. The summed E-state index contributed by atoms with van der Waals surface area (Å²) in [5.41, 5.74) is 1.55. The van der Waals surface area contributed by atoms with Gasteiger partial charge in [0.05, 0.1) is 42.1 Å². The molecule has 0 atom stereocenters. The second-order valence-corrected chi connectivity index (χ2v) is 7.18. The molecule has 0 radical (unpaired) electrons. The van der Waals surface area contributed by atoms with Crippen LogP contribution in [-0.4, -0.2) is 40.8 Å². The summed E-state index contributed by atoms with van der Waals surface area (Å²) < 4.78 is 26.3. The fraction of sp³-hybridized carbons (Fsp3) is 0.130. The van der Waals surface area contributed by atoms with Gasteiger partial charge in [0.1, 0.15) is 23.0 Å². The summed E-state index contributed by atoms with van der Waals surface area (Å²) in [6.07, 6.45) is 1.33. The number of hydrogen-bond donors (Lipinski definition) is 0. The number of carbonyl (C=O) groups is 2. The molecule has 32 heavy (non-hydrogen) atoms. The lowest BCUT2D eigenvalue weighted by molar-refractivity contribution is 0.0925. The number of methoxy groups -OCH3 is 2. The van der Waals surface area contributed by atoms with Gasteiger partial charge in [-0.1, -0.05) is 12.1 Å². The van der Waals surface area contributed by atoms with Gasteiger partial charge in [0.15, 0.2) is 5.65 Å². The first kappa shape index (κ1) is 19.7. The van der Waals surface area contributed by atoms with E-state index in [1.807, 2.05) is 0 Å². The quantitative estimate of drug-likeness (QED) is 0.457. The van der Waals surface area contributed by atoms with Crippen LogP contribution in [0, 0.1) is 12.7 Å². The molecular formula is C23H17FN4O4. The third-order valence-corrected chi connectivity index (χ3v) is 5.43. The van der Waals surface area contributed by atoms with Crippen molar-refractivity contribution in [3.05, 3.63) is 71.3 Å². The summed E-state index contributed by atoms with van der Waals surface area (Å²) in [5.74, 6) is -0.709. The van der Waals surface area contributed by atoms with Gasteiger partial charge in [0, 0.05) is 12.3 Å². The number of hydrogen-bond acceptors (Lipinski definition) is 6. The summed E-state index contributed by atoms with van der Waals surface area (Å²) in [6, 6.07) is 11.0. The monoisotopic (exact) mass is 432 g/mol. The molecule has 0 fully saturated rings. The largest absolute Gasteiger partial charge is 0.497 e. The van der Waals surface area contributed by atoms with Crippen molar-refractivity contribution in [2.45, 2.75) is 6.92 Å². The molecule has 2 aromatic carbocycles. The van der Waals surface area contributed by atoms with Crippen molar-refractivity contribution in [3.8, 4) is 17.2 Å². The molecular weight excluding hydrogens is 415 g/mol. The van der Waals surface area contributed by atoms with Crippen molar-refractivity contribution in [2.75, 3.05) is 19.1 Å². The second kappa shape index (κ2) is 7.16. The van der Waals surface area contributed by atoms with Crippen molar-refractivity contribution in [1.82, 2.24) is 14.8 Å². The van der Waals surface area contributed by atoms with Gasteiger partial charge < -0.3 is 9.47 Å². The maximum Gasteiger partial charge on any atom is 0.267 e. The number of fused-ring (bicyclic) bond motifs is 3. The van der Waals surface area contributed by atoms with Crippen molar-refractivity contribution in [3.63, 3.8) is 0 Å². The van der Waals surface area contributed by atoms with E-state index in [0.29, 0.717) is 22.6 Å². The first-order chi connectivity index (χ1) is 15.5. The number of aryl methyl sites for hydroxylation is 1. The van der Waals surface area contributed by atoms with Crippen LogP contribution >= 0.6 is 0 Å². The Balaban J connectivity index is 1.70. The minimum Gasteiger partial charge on any atom is -0.497 e. The summed E-state index contributed by atoms with van der Waals surface area (Å²) in [6.45, 7) is 1.69. The van der Waals surface area contributed by atoms with Gasteiger partial charge in [-0.15, -0.1) is 0 Å². The van der Waals surface area contributed by atoms with Gasteiger partial charge in [-0.25, -0.2) is 19.0 Å². The molecule has 0 bridgehead atoms. The molecule has 3 heterocycles. The highest BCUT2D eigenvalue weighted by atomic mass is 19.1. The number of anilines is 1. The van der Waals surface area contributed by atoms with Crippen LogP contribution < -0.4 is 14.4 Å². The van der Waals surface area contributed by atoms with Crippen LogP contribution in [0.15, 0.2) is 48.7 Å². The highest BCUT2D eigenvalue weighted by molar-refractivity contribution is 6.37. The van der Waals surface area contributed by atoms with Crippen LogP contribution in [-0.2, 0) is 0 Å². The number of amides is 2. The number of rotatable bonds is 4. The van der Waals surface area contributed by atoms with Crippen LogP contribution in [0.4, 0.5) is 10.1 Å². The molecule has 0 saturated heterocycles. The summed E-state index contributed by atoms with van der Waals surface area (Å²) in [5, 5.41) is 4.80. The molecule has 8 nitrogen and oxygen atoms in total. The van der Waals surface area contributed by atoms with E-state index >= 15 is 0 Å². The topological polar surface area (TPSA) is 86.5 Å². The number of benzene rings is 2. The number of imide groups is 1. The number of pyridine rings is 1. The maximum absolute atomic E-state index is 14.4. The number of nitrogens with zero attached hydrogens (tertiary/aromatic N) is 4. The predicted molar refractivity (Wildman–Crippen MR) is 114 cm³/mol. The van der Waals surface area contributed by atoms with E-state index in [1.165, 1.54) is 31.2 Å². The zero-order valence-corrected chi connectivity index (χ0v) is 17.4. The van der Waals surface area contributed by atoms with E-state index in [2.05, 4.69) is 10.1 Å². The lowest BCUT2D eigenvalue weighted by Crippen LogP contribution is -2.29. The van der Waals surface area contributed by atoms with E-state index in [-0.39, 0.29) is 28.1 Å². The van der Waals surface area contributed by atoms with Gasteiger partial charge in [-0.05, 0) is 31.2 Å². The van der Waals surface area contributed by atoms with Gasteiger partial charge >= 0.3 is 0 Å². The predicted octanol–water partition coefficient (Wildman–Crippen LogP) is 3.69. The number of halogens is 1. The average Bonchev–Trinajstić information content (AvgIpc) is 3.27. The number of aromatic nitrogens is 3. The Morgan fingerprint density at radius 3 is 2.47 bits per heavy atom. The Hall–Kier alpha value is -4.27. The molecule has 4 aromatic rings. The second-order valence-electron chi connectivity index (χ2n) is 7.18. The molecule has 5 rings (SSSR count). The smallest absolute Gasteiger partial charge is 0.267 e. The molecule has 0 aliphatic carbocycles. The fourth-order valence-corrected chi connectivity index (χ4v) is 3.94. The highest BCUT2D eigenvalue weighted by Crippen LogP contribution is 2.39. The molecule has 160 valence electrons. The normalized spacial score (nSPS) is 13.1. The molecule has 0 N–H and O–H groups in total. The Bertz CT molecular complexity index is 1430. The van der Waals surface area contributed by atoms with Gasteiger partial charge in [-0.3, -0.25) is 9.59 Å². The Labute approximate surface area is 181 Å². The number of ether oxygens (including phenoxy) is 2. The molecule has 1 aliphatic heterocycles. The van der Waals surface area contributed by atoms with Crippen molar-refractivity contribution in [2.24, 2.45) is 0 Å². The molecule has 1 aliphatic rings. The third kappa shape index (κ3) is 2.67. The third-order valence-electron chi connectivity index (χ3n) is 5.43. The first-order valence-electron chi connectivity index (χ1n) is 9.70. The Morgan fingerprint density at radius 1 is 0.969 bits per heavy atom. The minimum absolute atomic E-state index is 0.150. The summed E-state index contributed by atoms with van der Waals surface area (Å²) in [7, 11) is 2.95. The van der Waals surface area contributed by atoms with E-state index in [4.69, 9.17) is 9.47 Å². The van der Waals surface area contributed by atoms with Crippen LogP contribution in [0.2, 0.25) is 0 Å². The molecule has 2 aromatic heterocycles. The van der Waals surface area contributed by atoms with Crippen LogP contribution in [0.3, 0.4) is 0 Å². The molecule has 2 amide bonds. The van der Waals surface area contributed by atoms with E-state index in [9.17, 15) is 14.0 Å². The fourth-order valence-electron chi connectivity index (χ4n) is 3.94. The van der Waals surface area contributed by atoms with Crippen molar-refractivity contribution < 1.29 is 23.5 Å². The highest BCUT2D eigenvalue weighted by Gasteiger charge is 2.41. The molecule has 9 heteroatoms. The summed E-state index contributed by atoms with van der Waals surface area (Å²) >= 11 is 0. The lowest BCUT2D eigenvalue weighted by atomic mass is 10.1. The zero-order chi connectivity index (χ0) is 22.6. The van der Waals surface area contributed by atoms with E-state index in [0.717, 1.165) is 4.90 Å². The van der Waals surface area contributed by atoms with E-state index < -0.39 is 17.6 Å². The molecule has 0 saturated carbocycles. The number of para-hydroxylation sites is 1. The van der Waals surface area contributed by atoms with Gasteiger partial charge in [-0.2, -0.15) is 5.10 Å². The molecule has 0 spiro atoms. The molecule has 0 unspecified atom stereocenters. The van der Waals surface area contributed by atoms with Crippen LogP contribution in [0.25, 0.3) is 16.7 Å². The lowest BCUT2D eigenvalue weighted by Gasteiger charge is -2.18. The standard InChI is InChI=1S/C23H17FN4O4/c1-12-19-20-14(11-25-21(19)28(26-12)16-7-5-4-6-15(16)24)22(29)27(23(20)30)17-9-8-13(31-2)10-18(17)32-3/h4-11H,1-3H3. The maximum atomic E-state index is 14.4. The average molecular weight is 432 g/mol. The van der Waals surface area contributed by atoms with Gasteiger partial charge in [0.2, 0.25) is 0 Å². The Kier molecular flexibility index (Phi) is 4.40. The van der Waals surface area contributed by atoms with Crippen molar-refractivity contribution in [1.29, 1.82) is 0 Å². The van der Waals surface area contributed by atoms with Crippen molar-refractivity contribution >= 4 is 28.5 Å². The van der Waals surface area contributed by atoms with Crippen LogP contribution in [0.5, 0.6) is 11.5 Å².